The third-order valence-corrected chi connectivity index (χ3v) is 3.49. The maximum atomic E-state index is 12.1. The second kappa shape index (κ2) is 7.04. The number of rotatable bonds is 6. The number of carbonyl (C=O) groups is 1. The molecule has 112 valence electrons. The van der Waals surface area contributed by atoms with Gasteiger partial charge in [0.05, 0.1) is 18.8 Å². The Balaban J connectivity index is 2.08. The smallest absolute Gasteiger partial charge is 0.269 e. The van der Waals surface area contributed by atoms with Gasteiger partial charge in [0.1, 0.15) is 11.5 Å². The molecule has 1 heterocycles. The van der Waals surface area contributed by atoms with Crippen LogP contribution >= 0.6 is 0 Å². The SMILES string of the molecule is CCc1ccc(C(CO)NC(=O)c2cnc(CC)[nH]2)cc1. The summed E-state index contributed by atoms with van der Waals surface area (Å²) in [6.45, 7) is 3.90. The quantitative estimate of drug-likeness (QED) is 0.760. The third-order valence-electron chi connectivity index (χ3n) is 3.49. The number of aliphatic hydroxyl groups is 1. The van der Waals surface area contributed by atoms with E-state index in [4.69, 9.17) is 0 Å². The molecule has 5 heteroatoms. The van der Waals surface area contributed by atoms with Crippen molar-refractivity contribution in [3.63, 3.8) is 0 Å². The van der Waals surface area contributed by atoms with Crippen LogP contribution < -0.4 is 5.32 Å². The van der Waals surface area contributed by atoms with Crippen molar-refractivity contribution in [2.45, 2.75) is 32.7 Å². The zero-order valence-corrected chi connectivity index (χ0v) is 12.4. The predicted molar refractivity (Wildman–Crippen MR) is 81.1 cm³/mol. The van der Waals surface area contributed by atoms with Gasteiger partial charge in [0.25, 0.3) is 5.91 Å². The fourth-order valence-electron chi connectivity index (χ4n) is 2.11. The molecule has 0 aliphatic rings. The first-order valence-electron chi connectivity index (χ1n) is 7.22. The van der Waals surface area contributed by atoms with Crippen LogP contribution in [0.1, 0.15) is 47.3 Å². The first kappa shape index (κ1) is 15.3. The van der Waals surface area contributed by atoms with E-state index >= 15 is 0 Å². The van der Waals surface area contributed by atoms with Crippen LogP contribution in [-0.2, 0) is 12.8 Å². The Morgan fingerprint density at radius 1 is 1.29 bits per heavy atom. The molecule has 0 saturated carbocycles. The summed E-state index contributed by atoms with van der Waals surface area (Å²) < 4.78 is 0. The number of aromatic nitrogens is 2. The molecular weight excluding hydrogens is 266 g/mol. The Bertz CT molecular complexity index is 590. The molecule has 0 bridgehead atoms. The van der Waals surface area contributed by atoms with Gasteiger partial charge in [0.15, 0.2) is 0 Å². The van der Waals surface area contributed by atoms with Crippen LogP contribution in [-0.4, -0.2) is 27.6 Å². The van der Waals surface area contributed by atoms with Gasteiger partial charge >= 0.3 is 0 Å². The molecule has 0 aliphatic carbocycles. The normalized spacial score (nSPS) is 12.1. The van der Waals surface area contributed by atoms with Crippen molar-refractivity contribution in [3.05, 3.63) is 53.1 Å². The Morgan fingerprint density at radius 2 is 2.00 bits per heavy atom. The second-order valence-corrected chi connectivity index (χ2v) is 4.90. The number of carbonyl (C=O) groups excluding carboxylic acids is 1. The van der Waals surface area contributed by atoms with Gasteiger partial charge in [0.2, 0.25) is 0 Å². The fourth-order valence-corrected chi connectivity index (χ4v) is 2.11. The van der Waals surface area contributed by atoms with E-state index in [0.717, 1.165) is 24.2 Å². The van der Waals surface area contributed by atoms with Gasteiger partial charge in [-0.2, -0.15) is 0 Å². The molecule has 0 radical (unpaired) electrons. The number of amides is 1. The van der Waals surface area contributed by atoms with E-state index in [1.54, 1.807) is 0 Å². The first-order chi connectivity index (χ1) is 10.2. The lowest BCUT2D eigenvalue weighted by atomic mass is 10.0. The van der Waals surface area contributed by atoms with Gasteiger partial charge in [-0.3, -0.25) is 4.79 Å². The number of benzene rings is 1. The minimum absolute atomic E-state index is 0.147. The molecule has 0 saturated heterocycles. The fraction of sp³-hybridized carbons (Fsp3) is 0.375. The molecule has 0 aliphatic heterocycles. The highest BCUT2D eigenvalue weighted by molar-refractivity contribution is 5.92. The average molecular weight is 287 g/mol. The van der Waals surface area contributed by atoms with Gasteiger partial charge in [-0.25, -0.2) is 4.98 Å². The van der Waals surface area contributed by atoms with Gasteiger partial charge in [0, 0.05) is 6.42 Å². The summed E-state index contributed by atoms with van der Waals surface area (Å²) in [5, 5.41) is 12.3. The lowest BCUT2D eigenvalue weighted by Crippen LogP contribution is -2.31. The van der Waals surface area contributed by atoms with E-state index in [9.17, 15) is 9.90 Å². The lowest BCUT2D eigenvalue weighted by molar-refractivity contribution is 0.0911. The van der Waals surface area contributed by atoms with Crippen LogP contribution in [0, 0.1) is 0 Å². The third kappa shape index (κ3) is 3.70. The van der Waals surface area contributed by atoms with Crippen LogP contribution in [0.4, 0.5) is 0 Å². The van der Waals surface area contributed by atoms with Crippen molar-refractivity contribution in [1.29, 1.82) is 0 Å². The van der Waals surface area contributed by atoms with Crippen molar-refractivity contribution in [2.75, 3.05) is 6.61 Å². The molecule has 3 N–H and O–H groups in total. The molecule has 2 aromatic rings. The number of H-pyrrole nitrogens is 1. The zero-order chi connectivity index (χ0) is 15.2. The zero-order valence-electron chi connectivity index (χ0n) is 12.4. The van der Waals surface area contributed by atoms with Crippen LogP contribution in [0.2, 0.25) is 0 Å². The summed E-state index contributed by atoms with van der Waals surface area (Å²) in [4.78, 5) is 19.2. The Hall–Kier alpha value is -2.14. The van der Waals surface area contributed by atoms with E-state index < -0.39 is 6.04 Å². The van der Waals surface area contributed by atoms with Gasteiger partial charge in [-0.05, 0) is 17.5 Å². The van der Waals surface area contributed by atoms with Gasteiger partial charge in [-0.15, -0.1) is 0 Å². The molecule has 1 aromatic heterocycles. The Kier molecular flexibility index (Phi) is 5.11. The van der Waals surface area contributed by atoms with E-state index in [1.807, 2.05) is 31.2 Å². The summed E-state index contributed by atoms with van der Waals surface area (Å²) in [6, 6.07) is 7.47. The number of aliphatic hydroxyl groups excluding tert-OH is 1. The molecule has 1 amide bonds. The first-order valence-corrected chi connectivity index (χ1v) is 7.22. The summed E-state index contributed by atoms with van der Waals surface area (Å²) in [7, 11) is 0. The van der Waals surface area contributed by atoms with E-state index in [1.165, 1.54) is 11.8 Å². The van der Waals surface area contributed by atoms with Crippen LogP contribution in [0.25, 0.3) is 0 Å². The molecule has 0 fully saturated rings. The van der Waals surface area contributed by atoms with Crippen molar-refractivity contribution < 1.29 is 9.90 Å². The lowest BCUT2D eigenvalue weighted by Gasteiger charge is -2.16. The molecule has 5 nitrogen and oxygen atoms in total. The van der Waals surface area contributed by atoms with E-state index in [2.05, 4.69) is 22.2 Å². The number of imidazole rings is 1. The number of nitrogens with zero attached hydrogens (tertiary/aromatic N) is 1. The highest BCUT2D eigenvalue weighted by atomic mass is 16.3. The minimum atomic E-state index is -0.420. The van der Waals surface area contributed by atoms with Crippen LogP contribution in [0.15, 0.2) is 30.5 Å². The van der Waals surface area contributed by atoms with Crippen molar-refractivity contribution in [3.8, 4) is 0 Å². The summed E-state index contributed by atoms with van der Waals surface area (Å²) >= 11 is 0. The Morgan fingerprint density at radius 3 is 2.52 bits per heavy atom. The predicted octanol–water partition coefficient (Wildman–Crippen LogP) is 2.00. The Labute approximate surface area is 124 Å². The number of aromatic amines is 1. The minimum Gasteiger partial charge on any atom is -0.394 e. The highest BCUT2D eigenvalue weighted by Gasteiger charge is 2.16. The van der Waals surface area contributed by atoms with Crippen molar-refractivity contribution in [1.82, 2.24) is 15.3 Å². The molecule has 0 spiro atoms. The monoisotopic (exact) mass is 287 g/mol. The summed E-state index contributed by atoms with van der Waals surface area (Å²) in [6.07, 6.45) is 3.22. The molecule has 21 heavy (non-hydrogen) atoms. The van der Waals surface area contributed by atoms with Gasteiger partial charge in [-0.1, -0.05) is 38.1 Å². The maximum Gasteiger partial charge on any atom is 0.269 e. The molecule has 2 rings (SSSR count). The number of nitrogens with one attached hydrogen (secondary N) is 2. The number of hydrogen-bond acceptors (Lipinski definition) is 3. The molecule has 1 aromatic carbocycles. The molecule has 1 atom stereocenters. The average Bonchev–Trinajstić information content (AvgIpc) is 3.01. The maximum absolute atomic E-state index is 12.1. The van der Waals surface area contributed by atoms with E-state index in [0.29, 0.717) is 5.69 Å². The van der Waals surface area contributed by atoms with Crippen LogP contribution in [0.5, 0.6) is 0 Å². The van der Waals surface area contributed by atoms with Crippen molar-refractivity contribution in [2.24, 2.45) is 0 Å². The van der Waals surface area contributed by atoms with Crippen LogP contribution in [0.3, 0.4) is 0 Å². The summed E-state index contributed by atoms with van der Waals surface area (Å²) in [5.74, 6) is 0.508. The molecule has 1 unspecified atom stereocenters. The van der Waals surface area contributed by atoms with Crippen molar-refractivity contribution >= 4 is 5.91 Å². The topological polar surface area (TPSA) is 78.0 Å². The molecular formula is C16H21N3O2. The second-order valence-electron chi connectivity index (χ2n) is 4.90. The standard InChI is InChI=1S/C16H21N3O2/c1-3-11-5-7-12(8-6-11)14(10-20)19-16(21)13-9-17-15(4-2)18-13/h5-9,14,20H,3-4,10H2,1-2H3,(H,17,18)(H,19,21). The van der Waals surface area contributed by atoms with Gasteiger partial charge < -0.3 is 15.4 Å². The highest BCUT2D eigenvalue weighted by Crippen LogP contribution is 2.14. The number of hydrogen-bond donors (Lipinski definition) is 3. The largest absolute Gasteiger partial charge is 0.394 e. The summed E-state index contributed by atoms with van der Waals surface area (Å²) in [5.41, 5.74) is 2.52. The van der Waals surface area contributed by atoms with E-state index in [-0.39, 0.29) is 12.5 Å². The number of aryl methyl sites for hydroxylation is 2.